The first kappa shape index (κ1) is 25.1. The Morgan fingerprint density at radius 2 is 0.795 bits per heavy atom. The third kappa shape index (κ3) is 5.12. The minimum atomic E-state index is -0.570. The average Bonchev–Trinajstić information content (AvgIpc) is 3.68. The molecule has 0 aromatic heterocycles. The van der Waals surface area contributed by atoms with Crippen molar-refractivity contribution in [1.29, 1.82) is 0 Å². The number of hydrogen-bond donors (Lipinski definition) is 0. The van der Waals surface area contributed by atoms with Crippen molar-refractivity contribution in [3.63, 3.8) is 0 Å². The van der Waals surface area contributed by atoms with E-state index in [1.807, 2.05) is 0 Å². The van der Waals surface area contributed by atoms with Crippen LogP contribution in [-0.2, 0) is 9.47 Å². The van der Waals surface area contributed by atoms with Gasteiger partial charge in [0.2, 0.25) is 0 Å². The summed E-state index contributed by atoms with van der Waals surface area (Å²) >= 11 is 0. The molecule has 4 heteroatoms. The summed E-state index contributed by atoms with van der Waals surface area (Å²) in [7, 11) is 0. The summed E-state index contributed by atoms with van der Waals surface area (Å²) in [6.45, 7) is 5.27. The molecule has 2 aliphatic rings. The molecule has 0 saturated carbocycles. The summed E-state index contributed by atoms with van der Waals surface area (Å²) in [5.41, 5.74) is 4.39. The minimum Gasteiger partial charge on any atom is -0.478 e. The van der Waals surface area contributed by atoms with Crippen LogP contribution in [0.2, 0.25) is 0 Å². The minimum absolute atomic E-state index is 0.0248. The highest BCUT2D eigenvalue weighted by molar-refractivity contribution is 6.05. The standard InChI is InChI=1S/C35H34N2O2/c1-35(2,33-36-29(23-38-33)31(25-15-7-3-8-16-25)26-17-9-4-10-18-26)34-37-30(24-39-34)32(27-19-11-5-12-20-27)28-21-13-6-14-22-28/h3-22,29-32H,23-24H2,1-2H3. The molecule has 0 saturated heterocycles. The number of rotatable bonds is 8. The van der Waals surface area contributed by atoms with Crippen molar-refractivity contribution in [3.05, 3.63) is 144 Å². The predicted octanol–water partition coefficient (Wildman–Crippen LogP) is 7.27. The molecule has 0 radical (unpaired) electrons. The van der Waals surface area contributed by atoms with Gasteiger partial charge in [0.15, 0.2) is 11.8 Å². The number of aliphatic imine (C=N–C) groups is 2. The highest BCUT2D eigenvalue weighted by Crippen LogP contribution is 2.38. The van der Waals surface area contributed by atoms with Crippen LogP contribution >= 0.6 is 0 Å². The largest absolute Gasteiger partial charge is 0.478 e. The monoisotopic (exact) mass is 514 g/mol. The topological polar surface area (TPSA) is 43.2 Å². The maximum atomic E-state index is 6.32. The van der Waals surface area contributed by atoms with Crippen molar-refractivity contribution in [3.8, 4) is 0 Å². The van der Waals surface area contributed by atoms with E-state index in [1.54, 1.807) is 0 Å². The molecule has 0 bridgehead atoms. The van der Waals surface area contributed by atoms with E-state index in [4.69, 9.17) is 19.5 Å². The van der Waals surface area contributed by atoms with Crippen LogP contribution < -0.4 is 0 Å². The Labute approximate surface area is 231 Å². The van der Waals surface area contributed by atoms with E-state index in [0.717, 1.165) is 0 Å². The molecule has 2 aliphatic heterocycles. The van der Waals surface area contributed by atoms with Crippen LogP contribution in [0.4, 0.5) is 0 Å². The second-order valence-corrected chi connectivity index (χ2v) is 10.8. The number of nitrogens with zero attached hydrogens (tertiary/aromatic N) is 2. The molecule has 4 aromatic rings. The van der Waals surface area contributed by atoms with Gasteiger partial charge in [0.1, 0.15) is 18.6 Å². The van der Waals surface area contributed by atoms with Gasteiger partial charge in [-0.15, -0.1) is 0 Å². The van der Waals surface area contributed by atoms with Gasteiger partial charge in [-0.2, -0.15) is 0 Å². The lowest BCUT2D eigenvalue weighted by Gasteiger charge is -2.23. The Bertz CT molecular complexity index is 1240. The molecule has 0 spiro atoms. The quantitative estimate of drug-likeness (QED) is 0.248. The second-order valence-electron chi connectivity index (χ2n) is 10.8. The van der Waals surface area contributed by atoms with Gasteiger partial charge >= 0.3 is 0 Å². The number of hydrogen-bond acceptors (Lipinski definition) is 4. The van der Waals surface area contributed by atoms with Crippen LogP contribution in [0.15, 0.2) is 131 Å². The summed E-state index contributed by atoms with van der Waals surface area (Å²) < 4.78 is 12.6. The smallest absolute Gasteiger partial charge is 0.199 e. The number of ether oxygens (including phenoxy) is 2. The zero-order valence-electron chi connectivity index (χ0n) is 22.5. The molecule has 6 rings (SSSR count). The Hall–Kier alpha value is -4.18. The second kappa shape index (κ2) is 10.9. The van der Waals surface area contributed by atoms with Gasteiger partial charge in [-0.05, 0) is 36.1 Å². The molecule has 0 aliphatic carbocycles. The first-order valence-corrected chi connectivity index (χ1v) is 13.7. The van der Waals surface area contributed by atoms with Gasteiger partial charge in [0.05, 0.1) is 12.1 Å². The fourth-order valence-corrected chi connectivity index (χ4v) is 5.81. The van der Waals surface area contributed by atoms with E-state index in [-0.39, 0.29) is 23.9 Å². The SMILES string of the molecule is CC(C)(C1=NC(C(c2ccccc2)c2ccccc2)CO1)C1=NC(C(c2ccccc2)c2ccccc2)CO1. The molecule has 39 heavy (non-hydrogen) atoms. The van der Waals surface area contributed by atoms with Crippen LogP contribution in [0.3, 0.4) is 0 Å². The van der Waals surface area contributed by atoms with Crippen LogP contribution in [0.5, 0.6) is 0 Å². The van der Waals surface area contributed by atoms with E-state index >= 15 is 0 Å². The average molecular weight is 515 g/mol. The molecule has 2 heterocycles. The lowest BCUT2D eigenvalue weighted by Crippen LogP contribution is -2.34. The lowest BCUT2D eigenvalue weighted by molar-refractivity contribution is 0.259. The summed E-state index contributed by atoms with van der Waals surface area (Å²) in [6.07, 6.45) is 0. The first-order chi connectivity index (χ1) is 19.1. The lowest BCUT2D eigenvalue weighted by atomic mass is 9.85. The molecular weight excluding hydrogens is 480 g/mol. The molecular formula is C35H34N2O2. The predicted molar refractivity (Wildman–Crippen MR) is 158 cm³/mol. The van der Waals surface area contributed by atoms with Crippen LogP contribution in [0.1, 0.15) is 47.9 Å². The molecule has 4 nitrogen and oxygen atoms in total. The fraction of sp³-hybridized carbons (Fsp3) is 0.257. The van der Waals surface area contributed by atoms with Crippen molar-refractivity contribution < 1.29 is 9.47 Å². The molecule has 0 amide bonds. The summed E-state index contributed by atoms with van der Waals surface area (Å²) in [6, 6.07) is 42.3. The van der Waals surface area contributed by atoms with Crippen LogP contribution in [0.25, 0.3) is 0 Å². The summed E-state index contributed by atoms with van der Waals surface area (Å²) in [5, 5.41) is 0. The fourth-order valence-electron chi connectivity index (χ4n) is 5.81. The summed E-state index contributed by atoms with van der Waals surface area (Å²) in [4.78, 5) is 10.4. The van der Waals surface area contributed by atoms with Crippen LogP contribution in [0, 0.1) is 5.41 Å². The Kier molecular flexibility index (Phi) is 7.02. The van der Waals surface area contributed by atoms with Gasteiger partial charge in [-0.3, -0.25) is 0 Å². The van der Waals surface area contributed by atoms with Gasteiger partial charge in [-0.25, -0.2) is 9.98 Å². The van der Waals surface area contributed by atoms with E-state index < -0.39 is 5.41 Å². The summed E-state index contributed by atoms with van der Waals surface area (Å²) in [5.74, 6) is 1.61. The van der Waals surface area contributed by atoms with Crippen molar-refractivity contribution in [2.45, 2.75) is 37.8 Å². The number of benzene rings is 4. The normalized spacial score (nSPS) is 19.0. The van der Waals surface area contributed by atoms with Gasteiger partial charge in [0.25, 0.3) is 0 Å². The van der Waals surface area contributed by atoms with Gasteiger partial charge < -0.3 is 9.47 Å². The molecule has 196 valence electrons. The van der Waals surface area contributed by atoms with E-state index in [1.165, 1.54) is 22.3 Å². The molecule has 0 N–H and O–H groups in total. The third-order valence-corrected chi connectivity index (χ3v) is 7.82. The Morgan fingerprint density at radius 3 is 1.08 bits per heavy atom. The van der Waals surface area contributed by atoms with E-state index in [0.29, 0.717) is 25.0 Å². The van der Waals surface area contributed by atoms with Crippen LogP contribution in [-0.4, -0.2) is 37.1 Å². The Balaban J connectivity index is 1.30. The Morgan fingerprint density at radius 1 is 0.513 bits per heavy atom. The zero-order chi connectivity index (χ0) is 26.7. The zero-order valence-corrected chi connectivity index (χ0v) is 22.5. The molecule has 4 aromatic carbocycles. The van der Waals surface area contributed by atoms with E-state index in [9.17, 15) is 0 Å². The highest BCUT2D eigenvalue weighted by Gasteiger charge is 2.44. The first-order valence-electron chi connectivity index (χ1n) is 13.7. The third-order valence-electron chi connectivity index (χ3n) is 7.82. The maximum Gasteiger partial charge on any atom is 0.199 e. The van der Waals surface area contributed by atoms with Crippen molar-refractivity contribution >= 4 is 11.8 Å². The van der Waals surface area contributed by atoms with Crippen molar-refractivity contribution in [1.82, 2.24) is 0 Å². The molecule has 2 unspecified atom stereocenters. The maximum absolute atomic E-state index is 6.32. The van der Waals surface area contributed by atoms with E-state index in [2.05, 4.69) is 135 Å². The van der Waals surface area contributed by atoms with Crippen molar-refractivity contribution in [2.24, 2.45) is 15.4 Å². The van der Waals surface area contributed by atoms with Gasteiger partial charge in [-0.1, -0.05) is 121 Å². The molecule has 2 atom stereocenters. The van der Waals surface area contributed by atoms with Gasteiger partial charge in [0, 0.05) is 11.8 Å². The highest BCUT2D eigenvalue weighted by atomic mass is 16.5. The van der Waals surface area contributed by atoms with Crippen molar-refractivity contribution in [2.75, 3.05) is 13.2 Å². The molecule has 0 fully saturated rings.